The quantitative estimate of drug-likeness (QED) is 0.0957. The summed E-state index contributed by atoms with van der Waals surface area (Å²) in [6.07, 6.45) is 9.33. The van der Waals surface area contributed by atoms with Gasteiger partial charge in [0.2, 0.25) is 0 Å². The van der Waals surface area contributed by atoms with E-state index in [4.69, 9.17) is 16.3 Å². The van der Waals surface area contributed by atoms with E-state index >= 15 is 0 Å². The number of non-ortho nitro benzene ring substituents is 1. The van der Waals surface area contributed by atoms with Crippen molar-refractivity contribution in [1.29, 1.82) is 0 Å². The number of hydrogen-bond donors (Lipinski definition) is 1. The Morgan fingerprint density at radius 2 is 1.62 bits per heavy atom. The molecule has 196 valence electrons. The maximum absolute atomic E-state index is 11.5. The predicted molar refractivity (Wildman–Crippen MR) is 143 cm³/mol. The molecule has 0 aliphatic rings. The molecule has 0 saturated heterocycles. The molecule has 0 spiro atoms. The van der Waals surface area contributed by atoms with Crippen LogP contribution in [0, 0.1) is 20.2 Å². The number of fused-ring (bicyclic) bond motifs is 1. The first-order valence-corrected chi connectivity index (χ1v) is 12.6. The van der Waals surface area contributed by atoms with Gasteiger partial charge < -0.3 is 9.84 Å². The first-order chi connectivity index (χ1) is 17.8. The lowest BCUT2D eigenvalue weighted by Crippen LogP contribution is -1.98. The normalized spacial score (nSPS) is 11.3. The summed E-state index contributed by atoms with van der Waals surface area (Å²) in [5.41, 5.74) is -1.18. The number of phenols is 1. The van der Waals surface area contributed by atoms with E-state index in [1.807, 2.05) is 0 Å². The Balaban J connectivity index is 1.82. The first-order valence-electron chi connectivity index (χ1n) is 12.2. The first kappa shape index (κ1) is 27.8. The zero-order chi connectivity index (χ0) is 26.8. The van der Waals surface area contributed by atoms with Gasteiger partial charge in [0.1, 0.15) is 11.5 Å². The lowest BCUT2D eigenvalue weighted by atomic mass is 10.1. The molecule has 0 heterocycles. The monoisotopic (exact) mass is 528 g/mol. The Morgan fingerprint density at radius 3 is 2.30 bits per heavy atom. The molecule has 0 fully saturated rings. The lowest BCUT2D eigenvalue weighted by Gasteiger charge is -2.12. The number of nitro benzene ring substituents is 2. The smallest absolute Gasteiger partial charge is 0.305 e. The van der Waals surface area contributed by atoms with E-state index in [1.54, 1.807) is 18.2 Å². The van der Waals surface area contributed by atoms with Crippen LogP contribution >= 0.6 is 11.6 Å². The SMILES string of the molecule is CCCCCCCCCCOc1cccc2c(O)ccc(N=Nc3c(Cl)cc([N+](=O)[O-])cc3[N+](=O)[O-])c12. The van der Waals surface area contributed by atoms with E-state index < -0.39 is 21.2 Å². The van der Waals surface area contributed by atoms with Gasteiger partial charge in [-0.15, -0.1) is 10.2 Å². The number of aromatic hydroxyl groups is 1. The van der Waals surface area contributed by atoms with Gasteiger partial charge in [0.25, 0.3) is 5.69 Å². The number of rotatable bonds is 14. The van der Waals surface area contributed by atoms with Crippen LogP contribution in [0.25, 0.3) is 10.8 Å². The number of unbranched alkanes of at least 4 members (excludes halogenated alkanes) is 7. The Kier molecular flexibility index (Phi) is 10.1. The highest BCUT2D eigenvalue weighted by Crippen LogP contribution is 2.42. The fraction of sp³-hybridized carbons (Fsp3) is 0.385. The van der Waals surface area contributed by atoms with Gasteiger partial charge in [0.05, 0.1) is 38.6 Å². The van der Waals surface area contributed by atoms with Gasteiger partial charge in [0.15, 0.2) is 5.69 Å². The molecule has 0 aromatic heterocycles. The minimum absolute atomic E-state index is 0.0193. The Hall–Kier alpha value is -3.79. The molecule has 0 aliphatic carbocycles. The number of phenolic OH excluding ortho intramolecular Hbond substituents is 1. The molecule has 3 rings (SSSR count). The highest BCUT2D eigenvalue weighted by molar-refractivity contribution is 6.33. The van der Waals surface area contributed by atoms with Crippen LogP contribution in [0.5, 0.6) is 11.5 Å². The second-order valence-corrected chi connectivity index (χ2v) is 9.02. The van der Waals surface area contributed by atoms with Gasteiger partial charge in [-0.1, -0.05) is 75.6 Å². The number of ether oxygens (including phenoxy) is 1. The molecule has 37 heavy (non-hydrogen) atoms. The fourth-order valence-electron chi connectivity index (χ4n) is 3.98. The molecular weight excluding hydrogens is 500 g/mol. The van der Waals surface area contributed by atoms with Gasteiger partial charge >= 0.3 is 5.69 Å². The summed E-state index contributed by atoms with van der Waals surface area (Å²) < 4.78 is 6.02. The van der Waals surface area contributed by atoms with Crippen molar-refractivity contribution in [3.05, 3.63) is 67.7 Å². The van der Waals surface area contributed by atoms with Crippen LogP contribution < -0.4 is 4.74 Å². The van der Waals surface area contributed by atoms with Crippen LogP contribution in [-0.2, 0) is 0 Å². The highest BCUT2D eigenvalue weighted by Gasteiger charge is 2.24. The topological polar surface area (TPSA) is 140 Å². The Labute approximate surface area is 219 Å². The van der Waals surface area contributed by atoms with E-state index in [9.17, 15) is 25.3 Å². The van der Waals surface area contributed by atoms with Crippen molar-refractivity contribution in [3.63, 3.8) is 0 Å². The van der Waals surface area contributed by atoms with E-state index in [1.165, 1.54) is 44.2 Å². The van der Waals surface area contributed by atoms with Crippen molar-refractivity contribution in [3.8, 4) is 11.5 Å². The number of halogens is 1. The zero-order valence-corrected chi connectivity index (χ0v) is 21.3. The standard InChI is InChI=1S/C26H29ClN4O6/c1-2-3-4-5-6-7-8-9-15-37-24-12-10-11-19-23(32)14-13-21(25(19)24)28-29-26-20(27)16-18(30(33)34)17-22(26)31(35)36/h10-14,16-17,32H,2-9,15H2,1H3. The molecule has 11 heteroatoms. The third kappa shape index (κ3) is 7.36. The van der Waals surface area contributed by atoms with Crippen molar-refractivity contribution < 1.29 is 19.7 Å². The maximum Gasteiger partial charge on any atom is 0.305 e. The number of nitro groups is 2. The molecule has 3 aromatic carbocycles. The summed E-state index contributed by atoms with van der Waals surface area (Å²) in [4.78, 5) is 21.0. The van der Waals surface area contributed by atoms with E-state index in [0.29, 0.717) is 28.8 Å². The molecule has 0 unspecified atom stereocenters. The lowest BCUT2D eigenvalue weighted by molar-refractivity contribution is -0.393. The average Bonchev–Trinajstić information content (AvgIpc) is 2.87. The Morgan fingerprint density at radius 1 is 0.919 bits per heavy atom. The summed E-state index contributed by atoms with van der Waals surface area (Å²) in [7, 11) is 0. The largest absolute Gasteiger partial charge is 0.507 e. The summed E-state index contributed by atoms with van der Waals surface area (Å²) in [5.74, 6) is 0.514. The minimum atomic E-state index is -0.805. The molecule has 0 saturated carbocycles. The van der Waals surface area contributed by atoms with Crippen LogP contribution in [-0.4, -0.2) is 21.6 Å². The van der Waals surface area contributed by atoms with Crippen LogP contribution in [0.15, 0.2) is 52.7 Å². The van der Waals surface area contributed by atoms with Crippen molar-refractivity contribution in [1.82, 2.24) is 0 Å². The van der Waals surface area contributed by atoms with Gasteiger partial charge in [0, 0.05) is 11.5 Å². The molecule has 0 amide bonds. The van der Waals surface area contributed by atoms with Gasteiger partial charge in [-0.05, 0) is 24.6 Å². The molecule has 10 nitrogen and oxygen atoms in total. The Bertz CT molecular complexity index is 1300. The molecule has 1 N–H and O–H groups in total. The minimum Gasteiger partial charge on any atom is -0.507 e. The molecule has 0 bridgehead atoms. The van der Waals surface area contributed by atoms with Crippen molar-refractivity contribution in [2.24, 2.45) is 10.2 Å². The van der Waals surface area contributed by atoms with E-state index in [-0.39, 0.29) is 16.5 Å². The molecule has 0 radical (unpaired) electrons. The fourth-order valence-corrected chi connectivity index (χ4v) is 4.23. The van der Waals surface area contributed by atoms with Crippen molar-refractivity contribution in [2.75, 3.05) is 6.61 Å². The van der Waals surface area contributed by atoms with Gasteiger partial charge in [-0.25, -0.2) is 0 Å². The van der Waals surface area contributed by atoms with Crippen LogP contribution in [0.2, 0.25) is 5.02 Å². The van der Waals surface area contributed by atoms with Crippen LogP contribution in [0.4, 0.5) is 22.7 Å². The van der Waals surface area contributed by atoms with E-state index in [2.05, 4.69) is 17.2 Å². The maximum atomic E-state index is 11.5. The molecular formula is C26H29ClN4O6. The van der Waals surface area contributed by atoms with E-state index in [0.717, 1.165) is 31.4 Å². The third-order valence-corrected chi connectivity index (χ3v) is 6.19. The van der Waals surface area contributed by atoms with Gasteiger partial charge in [-0.3, -0.25) is 20.2 Å². The average molecular weight is 529 g/mol. The summed E-state index contributed by atoms with van der Waals surface area (Å²) >= 11 is 6.08. The summed E-state index contributed by atoms with van der Waals surface area (Å²) in [6, 6.07) is 9.93. The second-order valence-electron chi connectivity index (χ2n) is 8.62. The van der Waals surface area contributed by atoms with Crippen LogP contribution in [0.3, 0.4) is 0 Å². The zero-order valence-electron chi connectivity index (χ0n) is 20.6. The second kappa shape index (κ2) is 13.5. The number of nitrogens with zero attached hydrogens (tertiary/aromatic N) is 4. The van der Waals surface area contributed by atoms with Gasteiger partial charge in [-0.2, -0.15) is 0 Å². The predicted octanol–water partition coefficient (Wildman–Crippen LogP) is 8.95. The molecule has 0 atom stereocenters. The third-order valence-electron chi connectivity index (χ3n) is 5.91. The van der Waals surface area contributed by atoms with Crippen LogP contribution in [0.1, 0.15) is 58.3 Å². The summed E-state index contributed by atoms with van der Waals surface area (Å²) in [5, 5.41) is 41.8. The number of benzene rings is 3. The van der Waals surface area contributed by atoms with Crippen molar-refractivity contribution in [2.45, 2.75) is 58.3 Å². The summed E-state index contributed by atoms with van der Waals surface area (Å²) in [6.45, 7) is 2.69. The number of azo groups is 1. The van der Waals surface area contributed by atoms with Crippen molar-refractivity contribution >= 4 is 45.1 Å². The molecule has 0 aliphatic heterocycles. The highest BCUT2D eigenvalue weighted by atomic mass is 35.5. The number of hydrogen-bond acceptors (Lipinski definition) is 8. The molecule has 3 aromatic rings.